The first-order valence-corrected chi connectivity index (χ1v) is 7.12. The molecule has 20 heavy (non-hydrogen) atoms. The summed E-state index contributed by atoms with van der Waals surface area (Å²) < 4.78 is 0. The number of nitrogens with one attached hydrogen (secondary N) is 1. The van der Waals surface area contributed by atoms with Gasteiger partial charge in [0.05, 0.1) is 0 Å². The summed E-state index contributed by atoms with van der Waals surface area (Å²) in [6.45, 7) is 1.96. The van der Waals surface area contributed by atoms with Crippen LogP contribution in [0.2, 0.25) is 10.0 Å². The molecule has 0 aliphatic carbocycles. The van der Waals surface area contributed by atoms with Gasteiger partial charge in [-0.15, -0.1) is 0 Å². The molecule has 0 heterocycles. The molecule has 1 N–H and O–H groups in total. The van der Waals surface area contributed by atoms with Crippen molar-refractivity contribution in [2.24, 2.45) is 0 Å². The van der Waals surface area contributed by atoms with Crippen molar-refractivity contribution in [2.75, 3.05) is 5.32 Å². The standard InChI is InChI=1S/C16H15Cl2NO/c1-11-5-2-3-8-15(11)19-16(20)10-9-12-13(17)6-4-7-14(12)18/h2-8H,9-10H2,1H3,(H,19,20). The second-order valence-corrected chi connectivity index (χ2v) is 5.38. The third-order valence-electron chi connectivity index (χ3n) is 3.08. The van der Waals surface area contributed by atoms with Crippen LogP contribution in [-0.4, -0.2) is 5.91 Å². The lowest BCUT2D eigenvalue weighted by Gasteiger charge is -2.09. The summed E-state index contributed by atoms with van der Waals surface area (Å²) in [7, 11) is 0. The van der Waals surface area contributed by atoms with E-state index in [1.165, 1.54) is 0 Å². The number of hydrogen-bond acceptors (Lipinski definition) is 1. The van der Waals surface area contributed by atoms with Gasteiger partial charge in [0.1, 0.15) is 0 Å². The normalized spacial score (nSPS) is 10.3. The van der Waals surface area contributed by atoms with E-state index >= 15 is 0 Å². The highest BCUT2D eigenvalue weighted by atomic mass is 35.5. The predicted octanol–water partition coefficient (Wildman–Crippen LogP) is 4.87. The van der Waals surface area contributed by atoms with E-state index in [0.29, 0.717) is 22.9 Å². The van der Waals surface area contributed by atoms with E-state index in [4.69, 9.17) is 23.2 Å². The molecule has 0 unspecified atom stereocenters. The van der Waals surface area contributed by atoms with Gasteiger partial charge < -0.3 is 5.32 Å². The summed E-state index contributed by atoms with van der Waals surface area (Å²) in [5.74, 6) is -0.0460. The number of halogens is 2. The highest BCUT2D eigenvalue weighted by molar-refractivity contribution is 6.36. The van der Waals surface area contributed by atoms with Crippen molar-refractivity contribution in [1.82, 2.24) is 0 Å². The van der Waals surface area contributed by atoms with Gasteiger partial charge in [0, 0.05) is 22.2 Å². The fourth-order valence-corrected chi connectivity index (χ4v) is 2.52. The second-order valence-electron chi connectivity index (χ2n) is 4.56. The molecule has 0 atom stereocenters. The van der Waals surface area contributed by atoms with E-state index in [2.05, 4.69) is 5.32 Å². The minimum absolute atomic E-state index is 0.0460. The third-order valence-corrected chi connectivity index (χ3v) is 3.79. The predicted molar refractivity (Wildman–Crippen MR) is 84.6 cm³/mol. The van der Waals surface area contributed by atoms with Crippen LogP contribution in [0.3, 0.4) is 0 Å². The molecule has 0 spiro atoms. The molecule has 1 amide bonds. The fourth-order valence-electron chi connectivity index (χ4n) is 1.94. The molecule has 2 aromatic carbocycles. The van der Waals surface area contributed by atoms with Gasteiger partial charge in [-0.1, -0.05) is 47.5 Å². The van der Waals surface area contributed by atoms with Crippen LogP contribution in [-0.2, 0) is 11.2 Å². The number of carbonyl (C=O) groups is 1. The summed E-state index contributed by atoms with van der Waals surface area (Å²) in [6.07, 6.45) is 0.869. The lowest BCUT2D eigenvalue weighted by atomic mass is 10.1. The zero-order valence-electron chi connectivity index (χ0n) is 11.1. The molecule has 104 valence electrons. The van der Waals surface area contributed by atoms with Crippen molar-refractivity contribution < 1.29 is 4.79 Å². The van der Waals surface area contributed by atoms with Crippen LogP contribution in [0, 0.1) is 6.92 Å². The van der Waals surface area contributed by atoms with E-state index in [-0.39, 0.29) is 5.91 Å². The summed E-state index contributed by atoms with van der Waals surface area (Å²) in [5.41, 5.74) is 2.69. The summed E-state index contributed by atoms with van der Waals surface area (Å²) >= 11 is 12.2. The van der Waals surface area contributed by atoms with Gasteiger partial charge in [-0.25, -0.2) is 0 Å². The summed E-state index contributed by atoms with van der Waals surface area (Å²) in [6, 6.07) is 13.0. The monoisotopic (exact) mass is 307 g/mol. The van der Waals surface area contributed by atoms with Crippen LogP contribution in [0.4, 0.5) is 5.69 Å². The number of anilines is 1. The minimum atomic E-state index is -0.0460. The fraction of sp³-hybridized carbons (Fsp3) is 0.188. The van der Waals surface area contributed by atoms with E-state index in [1.807, 2.05) is 31.2 Å². The van der Waals surface area contributed by atoms with Crippen LogP contribution in [0.1, 0.15) is 17.5 Å². The molecule has 0 radical (unpaired) electrons. The van der Waals surface area contributed by atoms with Gasteiger partial charge in [-0.05, 0) is 42.7 Å². The molecular weight excluding hydrogens is 293 g/mol. The zero-order chi connectivity index (χ0) is 14.5. The number of amides is 1. The quantitative estimate of drug-likeness (QED) is 0.857. The molecule has 4 heteroatoms. The average Bonchev–Trinajstić information content (AvgIpc) is 2.41. The molecule has 0 saturated heterocycles. The Kier molecular flexibility index (Phi) is 5.05. The molecule has 0 saturated carbocycles. The van der Waals surface area contributed by atoms with Gasteiger partial charge in [0.2, 0.25) is 5.91 Å². The highest BCUT2D eigenvalue weighted by Crippen LogP contribution is 2.25. The maximum absolute atomic E-state index is 12.0. The minimum Gasteiger partial charge on any atom is -0.326 e. The van der Waals surface area contributed by atoms with E-state index in [9.17, 15) is 4.79 Å². The maximum Gasteiger partial charge on any atom is 0.224 e. The Labute approximate surface area is 128 Å². The van der Waals surface area contributed by atoms with Crippen molar-refractivity contribution in [3.8, 4) is 0 Å². The molecule has 0 fully saturated rings. The van der Waals surface area contributed by atoms with Crippen LogP contribution in [0.15, 0.2) is 42.5 Å². The van der Waals surface area contributed by atoms with Crippen LogP contribution in [0.25, 0.3) is 0 Å². The number of carbonyl (C=O) groups excluding carboxylic acids is 1. The number of benzene rings is 2. The van der Waals surface area contributed by atoms with Gasteiger partial charge in [0.15, 0.2) is 0 Å². The Balaban J connectivity index is 1.98. The van der Waals surface area contributed by atoms with Gasteiger partial charge >= 0.3 is 0 Å². The number of para-hydroxylation sites is 1. The summed E-state index contributed by atoms with van der Waals surface area (Å²) in [4.78, 5) is 12.0. The van der Waals surface area contributed by atoms with Crippen molar-refractivity contribution in [3.05, 3.63) is 63.6 Å². The highest BCUT2D eigenvalue weighted by Gasteiger charge is 2.09. The van der Waals surface area contributed by atoms with E-state index < -0.39 is 0 Å². The first kappa shape index (κ1) is 14.9. The van der Waals surface area contributed by atoms with Crippen molar-refractivity contribution in [3.63, 3.8) is 0 Å². The first-order chi connectivity index (χ1) is 9.58. The van der Waals surface area contributed by atoms with Crippen LogP contribution in [0.5, 0.6) is 0 Å². The molecule has 2 rings (SSSR count). The Bertz CT molecular complexity index is 605. The molecule has 0 bridgehead atoms. The van der Waals surface area contributed by atoms with Gasteiger partial charge in [-0.2, -0.15) is 0 Å². The van der Waals surface area contributed by atoms with Crippen LogP contribution >= 0.6 is 23.2 Å². The second kappa shape index (κ2) is 6.78. The zero-order valence-corrected chi connectivity index (χ0v) is 12.6. The Morgan fingerprint density at radius 3 is 2.35 bits per heavy atom. The van der Waals surface area contributed by atoms with Crippen molar-refractivity contribution in [1.29, 1.82) is 0 Å². The molecule has 0 aliphatic rings. The van der Waals surface area contributed by atoms with Crippen LogP contribution < -0.4 is 5.32 Å². The average molecular weight is 308 g/mol. The lowest BCUT2D eigenvalue weighted by molar-refractivity contribution is -0.116. The smallest absolute Gasteiger partial charge is 0.224 e. The first-order valence-electron chi connectivity index (χ1n) is 6.36. The lowest BCUT2D eigenvalue weighted by Crippen LogP contribution is -2.13. The molecule has 2 aromatic rings. The maximum atomic E-state index is 12.0. The number of aryl methyl sites for hydroxylation is 1. The SMILES string of the molecule is Cc1ccccc1NC(=O)CCc1c(Cl)cccc1Cl. The van der Waals surface area contributed by atoms with E-state index in [1.54, 1.807) is 18.2 Å². The Morgan fingerprint density at radius 2 is 1.70 bits per heavy atom. The van der Waals surface area contributed by atoms with Gasteiger partial charge in [-0.3, -0.25) is 4.79 Å². The summed E-state index contributed by atoms with van der Waals surface area (Å²) in [5, 5.41) is 4.09. The van der Waals surface area contributed by atoms with E-state index in [0.717, 1.165) is 16.8 Å². The molecule has 2 nitrogen and oxygen atoms in total. The number of hydrogen-bond donors (Lipinski definition) is 1. The molecule has 0 aliphatic heterocycles. The number of rotatable bonds is 4. The van der Waals surface area contributed by atoms with Crippen molar-refractivity contribution >= 4 is 34.8 Å². The van der Waals surface area contributed by atoms with Crippen molar-refractivity contribution in [2.45, 2.75) is 19.8 Å². The molecule has 0 aromatic heterocycles. The topological polar surface area (TPSA) is 29.1 Å². The Hall–Kier alpha value is -1.51. The molecular formula is C16H15Cl2NO. The largest absolute Gasteiger partial charge is 0.326 e. The van der Waals surface area contributed by atoms with Gasteiger partial charge in [0.25, 0.3) is 0 Å². The Morgan fingerprint density at radius 1 is 1.05 bits per heavy atom. The third kappa shape index (κ3) is 3.75.